The molecule has 1 aromatic heterocycles. The molecule has 1 saturated carbocycles. The van der Waals surface area contributed by atoms with Gasteiger partial charge in [0.05, 0.1) is 0 Å². The van der Waals surface area contributed by atoms with Crippen LogP contribution in [0.25, 0.3) is 0 Å². The van der Waals surface area contributed by atoms with Crippen LogP contribution in [0.15, 0.2) is 0 Å². The number of nitrogens with one attached hydrogen (secondary N) is 2. The van der Waals surface area contributed by atoms with E-state index in [4.69, 9.17) is 5.84 Å². The second kappa shape index (κ2) is 6.21. The number of rotatable bonds is 4. The molecule has 7 nitrogen and oxygen atoms in total. The molecule has 112 valence electrons. The normalized spacial score (nSPS) is 26.1. The SMILES string of the molecule is CC1CC(C)CC(Nc2nc(NN)nc(N(C)C)n2)C1. The van der Waals surface area contributed by atoms with E-state index in [2.05, 4.69) is 39.5 Å². The number of nitrogens with two attached hydrogens (primary N) is 1. The predicted molar refractivity (Wildman–Crippen MR) is 81.6 cm³/mol. The minimum Gasteiger partial charge on any atom is -0.351 e. The second-order valence-electron chi connectivity index (χ2n) is 6.08. The molecule has 1 aromatic rings. The molecule has 0 saturated heterocycles. The lowest BCUT2D eigenvalue weighted by molar-refractivity contribution is 0.280. The average Bonchev–Trinajstić information content (AvgIpc) is 2.36. The summed E-state index contributed by atoms with van der Waals surface area (Å²) in [6.45, 7) is 4.60. The van der Waals surface area contributed by atoms with E-state index in [1.165, 1.54) is 6.42 Å². The van der Waals surface area contributed by atoms with Crippen molar-refractivity contribution in [2.45, 2.75) is 39.2 Å². The second-order valence-corrected chi connectivity index (χ2v) is 6.08. The summed E-state index contributed by atoms with van der Waals surface area (Å²) in [6, 6.07) is 0.414. The maximum Gasteiger partial charge on any atom is 0.243 e. The van der Waals surface area contributed by atoms with Gasteiger partial charge in [0.2, 0.25) is 17.8 Å². The summed E-state index contributed by atoms with van der Waals surface area (Å²) >= 11 is 0. The van der Waals surface area contributed by atoms with Gasteiger partial charge in [0.1, 0.15) is 0 Å². The van der Waals surface area contributed by atoms with Crippen LogP contribution in [-0.2, 0) is 0 Å². The number of anilines is 3. The van der Waals surface area contributed by atoms with Gasteiger partial charge in [-0.2, -0.15) is 15.0 Å². The third kappa shape index (κ3) is 3.69. The Bertz CT molecular complexity index is 438. The van der Waals surface area contributed by atoms with Gasteiger partial charge < -0.3 is 10.2 Å². The zero-order valence-electron chi connectivity index (χ0n) is 12.7. The molecule has 0 radical (unpaired) electrons. The van der Waals surface area contributed by atoms with Crippen LogP contribution < -0.4 is 21.5 Å². The van der Waals surface area contributed by atoms with E-state index < -0.39 is 0 Å². The van der Waals surface area contributed by atoms with Crippen molar-refractivity contribution in [3.8, 4) is 0 Å². The first kappa shape index (κ1) is 14.8. The number of nitrogens with zero attached hydrogens (tertiary/aromatic N) is 4. The summed E-state index contributed by atoms with van der Waals surface area (Å²) in [4.78, 5) is 14.7. The Morgan fingerprint density at radius 1 is 1.00 bits per heavy atom. The number of hydrazine groups is 1. The zero-order valence-corrected chi connectivity index (χ0v) is 12.7. The predicted octanol–water partition coefficient (Wildman–Crippen LogP) is 1.46. The summed E-state index contributed by atoms with van der Waals surface area (Å²) in [6.07, 6.45) is 3.60. The largest absolute Gasteiger partial charge is 0.351 e. The Morgan fingerprint density at radius 3 is 2.15 bits per heavy atom. The minimum atomic E-state index is 0.378. The Kier molecular flexibility index (Phi) is 4.59. The van der Waals surface area contributed by atoms with E-state index in [1.54, 1.807) is 0 Å². The monoisotopic (exact) mass is 279 g/mol. The van der Waals surface area contributed by atoms with Crippen LogP contribution in [0.3, 0.4) is 0 Å². The van der Waals surface area contributed by atoms with E-state index in [9.17, 15) is 0 Å². The van der Waals surface area contributed by atoms with E-state index in [-0.39, 0.29) is 0 Å². The Hall–Kier alpha value is -1.63. The van der Waals surface area contributed by atoms with Gasteiger partial charge in [0, 0.05) is 20.1 Å². The summed E-state index contributed by atoms with van der Waals surface area (Å²) in [5.74, 6) is 8.44. The van der Waals surface area contributed by atoms with Gasteiger partial charge >= 0.3 is 0 Å². The average molecular weight is 279 g/mol. The molecule has 1 heterocycles. The molecule has 0 bridgehead atoms. The lowest BCUT2D eigenvalue weighted by atomic mass is 9.80. The third-order valence-corrected chi connectivity index (χ3v) is 3.66. The van der Waals surface area contributed by atoms with E-state index in [0.717, 1.165) is 24.7 Å². The van der Waals surface area contributed by atoms with Gasteiger partial charge in [-0.3, -0.25) is 5.43 Å². The maximum atomic E-state index is 5.42. The van der Waals surface area contributed by atoms with Crippen molar-refractivity contribution in [2.24, 2.45) is 17.7 Å². The topological polar surface area (TPSA) is 92.0 Å². The number of aromatic nitrogens is 3. The molecule has 4 N–H and O–H groups in total. The fraction of sp³-hybridized carbons (Fsp3) is 0.769. The van der Waals surface area contributed by atoms with Crippen molar-refractivity contribution in [3.05, 3.63) is 0 Å². The van der Waals surface area contributed by atoms with Gasteiger partial charge in [0.25, 0.3) is 0 Å². The minimum absolute atomic E-state index is 0.378. The molecule has 0 amide bonds. The van der Waals surface area contributed by atoms with E-state index in [1.807, 2.05) is 19.0 Å². The zero-order chi connectivity index (χ0) is 14.7. The summed E-state index contributed by atoms with van der Waals surface area (Å²) in [5, 5.41) is 3.43. The Labute approximate surface area is 120 Å². The van der Waals surface area contributed by atoms with Crippen LogP contribution in [0.1, 0.15) is 33.1 Å². The van der Waals surface area contributed by atoms with E-state index in [0.29, 0.717) is 23.9 Å². The lowest BCUT2D eigenvalue weighted by Gasteiger charge is -2.32. The van der Waals surface area contributed by atoms with Crippen LogP contribution in [0.2, 0.25) is 0 Å². The standard InChI is InChI=1S/C13H25N7/c1-8-5-9(2)7-10(6-8)15-11-16-12(19-14)18-13(17-11)20(3)4/h8-10H,5-7,14H2,1-4H3,(H2,15,16,17,18,19). The highest BCUT2D eigenvalue weighted by molar-refractivity contribution is 5.42. The van der Waals surface area contributed by atoms with Gasteiger partial charge in [0.15, 0.2) is 0 Å². The molecule has 2 rings (SSSR count). The van der Waals surface area contributed by atoms with Gasteiger partial charge in [-0.05, 0) is 31.1 Å². The quantitative estimate of drug-likeness (QED) is 0.567. The highest BCUT2D eigenvalue weighted by atomic mass is 15.4. The van der Waals surface area contributed by atoms with Crippen LogP contribution in [-0.4, -0.2) is 35.1 Å². The molecule has 2 atom stereocenters. The summed E-state index contributed by atoms with van der Waals surface area (Å²) in [7, 11) is 3.79. The molecular formula is C13H25N7. The maximum absolute atomic E-state index is 5.42. The molecule has 2 unspecified atom stereocenters. The molecule has 0 aromatic carbocycles. The van der Waals surface area contributed by atoms with Crippen LogP contribution in [0, 0.1) is 11.8 Å². The lowest BCUT2D eigenvalue weighted by Crippen LogP contribution is -2.31. The Balaban J connectivity index is 2.13. The van der Waals surface area contributed by atoms with Gasteiger partial charge in [-0.25, -0.2) is 5.84 Å². The van der Waals surface area contributed by atoms with Crippen molar-refractivity contribution in [1.82, 2.24) is 15.0 Å². The first-order chi connectivity index (χ1) is 9.47. The van der Waals surface area contributed by atoms with Crippen molar-refractivity contribution in [2.75, 3.05) is 29.7 Å². The fourth-order valence-electron chi connectivity index (χ4n) is 2.94. The third-order valence-electron chi connectivity index (χ3n) is 3.66. The summed E-state index contributed by atoms with van der Waals surface area (Å²) in [5.41, 5.74) is 2.49. The molecular weight excluding hydrogens is 254 g/mol. The smallest absolute Gasteiger partial charge is 0.243 e. The summed E-state index contributed by atoms with van der Waals surface area (Å²) < 4.78 is 0. The molecule has 1 aliphatic carbocycles. The first-order valence-corrected chi connectivity index (χ1v) is 7.14. The van der Waals surface area contributed by atoms with Crippen molar-refractivity contribution < 1.29 is 0 Å². The number of nitrogen functional groups attached to an aromatic ring is 1. The van der Waals surface area contributed by atoms with Crippen molar-refractivity contribution >= 4 is 17.8 Å². The Morgan fingerprint density at radius 2 is 1.60 bits per heavy atom. The van der Waals surface area contributed by atoms with E-state index >= 15 is 0 Å². The number of hydrogen-bond acceptors (Lipinski definition) is 7. The molecule has 0 spiro atoms. The van der Waals surface area contributed by atoms with Crippen molar-refractivity contribution in [3.63, 3.8) is 0 Å². The highest BCUT2D eigenvalue weighted by Gasteiger charge is 2.24. The first-order valence-electron chi connectivity index (χ1n) is 7.14. The molecule has 0 aliphatic heterocycles. The van der Waals surface area contributed by atoms with Gasteiger partial charge in [-0.1, -0.05) is 13.8 Å². The molecule has 1 fully saturated rings. The van der Waals surface area contributed by atoms with Crippen LogP contribution in [0.5, 0.6) is 0 Å². The van der Waals surface area contributed by atoms with Gasteiger partial charge in [-0.15, -0.1) is 0 Å². The fourth-order valence-corrected chi connectivity index (χ4v) is 2.94. The molecule has 1 aliphatic rings. The molecule has 7 heteroatoms. The van der Waals surface area contributed by atoms with Crippen LogP contribution in [0.4, 0.5) is 17.8 Å². The number of hydrogen-bond donors (Lipinski definition) is 3. The molecule has 20 heavy (non-hydrogen) atoms. The van der Waals surface area contributed by atoms with Crippen molar-refractivity contribution in [1.29, 1.82) is 0 Å². The van der Waals surface area contributed by atoms with Crippen LogP contribution >= 0.6 is 0 Å². The highest BCUT2D eigenvalue weighted by Crippen LogP contribution is 2.30.